The first-order valence-corrected chi connectivity index (χ1v) is 5.84. The van der Waals surface area contributed by atoms with Gasteiger partial charge in [-0.05, 0) is 24.6 Å². The zero-order chi connectivity index (χ0) is 13.8. The van der Waals surface area contributed by atoms with Crippen LogP contribution in [0.2, 0.25) is 0 Å². The lowest BCUT2D eigenvalue weighted by atomic mass is 10.2. The number of anilines is 1. The van der Waals surface area contributed by atoms with Gasteiger partial charge in [0.1, 0.15) is 5.82 Å². The number of esters is 1. The highest BCUT2D eigenvalue weighted by Crippen LogP contribution is 2.15. The van der Waals surface area contributed by atoms with E-state index in [0.717, 1.165) is 0 Å². The highest BCUT2D eigenvalue weighted by molar-refractivity contribution is 5.85. The van der Waals surface area contributed by atoms with E-state index in [-0.39, 0.29) is 12.4 Å². The van der Waals surface area contributed by atoms with Crippen LogP contribution >= 0.6 is 0 Å². The molecule has 0 spiro atoms. The lowest BCUT2D eigenvalue weighted by molar-refractivity contribution is 0.0507. The molecule has 0 aliphatic rings. The molecule has 100 valence electrons. The number of ether oxygens (including phenoxy) is 1. The molecule has 0 amide bonds. The second kappa shape index (κ2) is 5.51. The monoisotopic (exact) mass is 263 g/mol. The average molecular weight is 263 g/mol. The molecule has 2 aromatic rings. The number of nitrogens with zero attached hydrogens (tertiary/aromatic N) is 2. The number of imidazole rings is 1. The Balaban J connectivity index is 2.24. The van der Waals surface area contributed by atoms with Crippen LogP contribution in [0.25, 0.3) is 0 Å². The molecular formula is C13H14FN3O2. The fraction of sp³-hybridized carbons (Fsp3) is 0.231. The van der Waals surface area contributed by atoms with E-state index in [1.807, 2.05) is 0 Å². The van der Waals surface area contributed by atoms with Gasteiger partial charge in [-0.1, -0.05) is 6.07 Å². The first-order chi connectivity index (χ1) is 9.11. The Bertz CT molecular complexity index is 595. The van der Waals surface area contributed by atoms with Crippen molar-refractivity contribution in [3.05, 3.63) is 47.8 Å². The third kappa shape index (κ3) is 2.90. The van der Waals surface area contributed by atoms with Crippen LogP contribution in [0.5, 0.6) is 0 Å². The summed E-state index contributed by atoms with van der Waals surface area (Å²) in [7, 11) is 0. The van der Waals surface area contributed by atoms with Gasteiger partial charge in [-0.3, -0.25) is 0 Å². The highest BCUT2D eigenvalue weighted by Gasteiger charge is 2.14. The number of hydrogen-bond donors (Lipinski definition) is 1. The number of carbonyl (C=O) groups is 1. The molecule has 1 aromatic carbocycles. The lowest BCUT2D eigenvalue weighted by Gasteiger charge is -2.09. The summed E-state index contributed by atoms with van der Waals surface area (Å²) in [5.74, 6) is -0.684. The van der Waals surface area contributed by atoms with Crippen LogP contribution in [0, 0.1) is 5.82 Å². The number of carbonyl (C=O) groups excluding carboxylic acids is 1. The van der Waals surface area contributed by atoms with Gasteiger partial charge in [0.2, 0.25) is 5.82 Å². The summed E-state index contributed by atoms with van der Waals surface area (Å²) in [6.07, 6.45) is 3.15. The van der Waals surface area contributed by atoms with Crippen LogP contribution < -0.4 is 5.73 Å². The Morgan fingerprint density at radius 2 is 2.32 bits per heavy atom. The summed E-state index contributed by atoms with van der Waals surface area (Å²) in [6, 6.07) is 4.16. The van der Waals surface area contributed by atoms with Crippen molar-refractivity contribution in [1.29, 1.82) is 0 Å². The first kappa shape index (κ1) is 13.1. The van der Waals surface area contributed by atoms with E-state index in [1.165, 1.54) is 18.3 Å². The molecular weight excluding hydrogens is 249 g/mol. The molecule has 0 bridgehead atoms. The fourth-order valence-corrected chi connectivity index (χ4v) is 1.72. The average Bonchev–Trinajstić information content (AvgIpc) is 2.81. The number of aromatic nitrogens is 2. The molecule has 0 unspecified atom stereocenters. The number of halogens is 1. The van der Waals surface area contributed by atoms with E-state index < -0.39 is 11.8 Å². The maximum atomic E-state index is 13.0. The van der Waals surface area contributed by atoms with Crippen molar-refractivity contribution in [3.8, 4) is 0 Å². The van der Waals surface area contributed by atoms with Gasteiger partial charge >= 0.3 is 5.97 Å². The van der Waals surface area contributed by atoms with Crippen molar-refractivity contribution in [3.63, 3.8) is 0 Å². The molecule has 1 aromatic heterocycles. The minimum atomic E-state index is -0.492. The Hall–Kier alpha value is -2.37. The number of nitrogens with two attached hydrogens (primary N) is 1. The van der Waals surface area contributed by atoms with E-state index in [9.17, 15) is 9.18 Å². The van der Waals surface area contributed by atoms with Crippen molar-refractivity contribution in [1.82, 2.24) is 9.55 Å². The van der Waals surface area contributed by atoms with Crippen LogP contribution in [-0.2, 0) is 11.3 Å². The Labute approximate surface area is 109 Å². The Morgan fingerprint density at radius 1 is 1.53 bits per heavy atom. The molecule has 0 saturated carbocycles. The van der Waals surface area contributed by atoms with Crippen LogP contribution in [0.1, 0.15) is 23.1 Å². The molecule has 0 atom stereocenters. The van der Waals surface area contributed by atoms with E-state index >= 15 is 0 Å². The minimum Gasteiger partial charge on any atom is -0.460 e. The number of rotatable bonds is 4. The van der Waals surface area contributed by atoms with E-state index in [4.69, 9.17) is 10.5 Å². The summed E-state index contributed by atoms with van der Waals surface area (Å²) in [5.41, 5.74) is 6.78. The van der Waals surface area contributed by atoms with Crippen molar-refractivity contribution in [2.24, 2.45) is 0 Å². The van der Waals surface area contributed by atoms with Gasteiger partial charge in [-0.2, -0.15) is 0 Å². The molecule has 19 heavy (non-hydrogen) atoms. The topological polar surface area (TPSA) is 70.1 Å². The minimum absolute atomic E-state index is 0.200. The van der Waals surface area contributed by atoms with Crippen LogP contribution in [0.3, 0.4) is 0 Å². The third-order valence-electron chi connectivity index (χ3n) is 2.62. The quantitative estimate of drug-likeness (QED) is 0.675. The zero-order valence-electron chi connectivity index (χ0n) is 10.5. The molecule has 2 rings (SSSR count). The molecule has 0 radical (unpaired) electrons. The molecule has 5 nitrogen and oxygen atoms in total. The summed E-state index contributed by atoms with van der Waals surface area (Å²) >= 11 is 0. The van der Waals surface area contributed by atoms with Crippen LogP contribution in [-0.4, -0.2) is 22.1 Å². The molecule has 2 N–H and O–H groups in total. The SMILES string of the molecule is CCOC(=O)c1nccn1Cc1ccc(F)cc1N. The van der Waals surface area contributed by atoms with Crippen molar-refractivity contribution in [2.75, 3.05) is 12.3 Å². The summed E-state index contributed by atoms with van der Waals surface area (Å²) in [5, 5.41) is 0. The van der Waals surface area contributed by atoms with Gasteiger partial charge in [0.05, 0.1) is 13.2 Å². The molecule has 6 heteroatoms. The van der Waals surface area contributed by atoms with E-state index in [0.29, 0.717) is 17.8 Å². The second-order valence-corrected chi connectivity index (χ2v) is 3.94. The van der Waals surface area contributed by atoms with Crippen LogP contribution in [0.4, 0.5) is 10.1 Å². The maximum Gasteiger partial charge on any atom is 0.374 e. The van der Waals surface area contributed by atoms with Gasteiger partial charge in [-0.25, -0.2) is 14.2 Å². The van der Waals surface area contributed by atoms with Gasteiger partial charge in [0.25, 0.3) is 0 Å². The summed E-state index contributed by atoms with van der Waals surface area (Å²) in [6.45, 7) is 2.34. The number of nitrogen functional groups attached to an aromatic ring is 1. The predicted molar refractivity (Wildman–Crippen MR) is 68.1 cm³/mol. The first-order valence-electron chi connectivity index (χ1n) is 5.84. The van der Waals surface area contributed by atoms with Gasteiger partial charge < -0.3 is 15.0 Å². The second-order valence-electron chi connectivity index (χ2n) is 3.94. The normalized spacial score (nSPS) is 10.4. The van der Waals surface area contributed by atoms with Crippen molar-refractivity contribution >= 4 is 11.7 Å². The Kier molecular flexibility index (Phi) is 3.79. The molecule has 1 heterocycles. The molecule has 0 aliphatic carbocycles. The Morgan fingerprint density at radius 3 is 3.00 bits per heavy atom. The molecule has 0 aliphatic heterocycles. The van der Waals surface area contributed by atoms with Crippen molar-refractivity contribution in [2.45, 2.75) is 13.5 Å². The van der Waals surface area contributed by atoms with Gasteiger partial charge in [-0.15, -0.1) is 0 Å². The predicted octanol–water partition coefficient (Wildman–Crippen LogP) is 1.83. The van der Waals surface area contributed by atoms with Gasteiger partial charge in [0, 0.05) is 18.1 Å². The zero-order valence-corrected chi connectivity index (χ0v) is 10.5. The standard InChI is InChI=1S/C13H14FN3O2/c1-2-19-13(18)12-16-5-6-17(12)8-9-3-4-10(14)7-11(9)15/h3-7H,2,8,15H2,1H3. The summed E-state index contributed by atoms with van der Waals surface area (Å²) < 4.78 is 19.5. The van der Waals surface area contributed by atoms with Crippen LogP contribution in [0.15, 0.2) is 30.6 Å². The fourth-order valence-electron chi connectivity index (χ4n) is 1.72. The molecule has 0 saturated heterocycles. The van der Waals surface area contributed by atoms with E-state index in [2.05, 4.69) is 4.98 Å². The summed E-state index contributed by atoms with van der Waals surface area (Å²) in [4.78, 5) is 15.6. The maximum absolute atomic E-state index is 13.0. The van der Waals surface area contributed by atoms with E-state index in [1.54, 1.807) is 23.8 Å². The molecule has 0 fully saturated rings. The smallest absolute Gasteiger partial charge is 0.374 e. The number of benzene rings is 1. The largest absolute Gasteiger partial charge is 0.460 e. The highest BCUT2D eigenvalue weighted by atomic mass is 19.1. The van der Waals surface area contributed by atoms with Crippen molar-refractivity contribution < 1.29 is 13.9 Å². The number of hydrogen-bond acceptors (Lipinski definition) is 4. The third-order valence-corrected chi connectivity index (χ3v) is 2.62. The van der Waals surface area contributed by atoms with Gasteiger partial charge in [0.15, 0.2) is 0 Å². The lowest BCUT2D eigenvalue weighted by Crippen LogP contribution is -2.14.